The first kappa shape index (κ1) is 52.4. The van der Waals surface area contributed by atoms with Gasteiger partial charge in [-0.3, -0.25) is 14.4 Å². The molecule has 0 amide bonds. The first-order chi connectivity index (χ1) is 25.7. The van der Waals surface area contributed by atoms with Crippen molar-refractivity contribution in [3.63, 3.8) is 0 Å². The number of hydrogen-bond donors (Lipinski definition) is 0. The van der Waals surface area contributed by atoms with Crippen LogP contribution in [-0.2, 0) is 28.6 Å². The van der Waals surface area contributed by atoms with Crippen molar-refractivity contribution in [2.24, 2.45) is 35.5 Å². The molecule has 0 saturated heterocycles. The molecule has 0 aromatic heterocycles. The summed E-state index contributed by atoms with van der Waals surface area (Å²) in [5.41, 5.74) is 0. The van der Waals surface area contributed by atoms with Gasteiger partial charge >= 0.3 is 17.9 Å². The SMILES string of the molecule is CC(C)CCC(CCCOC(=O)CCCCCCCC(CCCCCCCC(=O)OCCCC(CCC(C)C)C(C)C)OC(=O)CCCN(C)C)C(C)C. The first-order valence-electron chi connectivity index (χ1n) is 22.9. The number of carbonyl (C=O) groups is 3. The Hall–Kier alpha value is -1.63. The van der Waals surface area contributed by atoms with Crippen LogP contribution in [0, 0.1) is 35.5 Å². The van der Waals surface area contributed by atoms with Gasteiger partial charge in [0.05, 0.1) is 13.2 Å². The minimum absolute atomic E-state index is 0.0249. The zero-order chi connectivity index (χ0) is 40.6. The molecule has 54 heavy (non-hydrogen) atoms. The Balaban J connectivity index is 4.26. The van der Waals surface area contributed by atoms with Crippen LogP contribution in [0.2, 0.25) is 0 Å². The van der Waals surface area contributed by atoms with Crippen molar-refractivity contribution in [2.75, 3.05) is 33.9 Å². The monoisotopic (exact) mass is 766 g/mol. The quantitative estimate of drug-likeness (QED) is 0.0354. The summed E-state index contributed by atoms with van der Waals surface area (Å²) in [7, 11) is 4.05. The van der Waals surface area contributed by atoms with E-state index in [9.17, 15) is 14.4 Å². The van der Waals surface area contributed by atoms with E-state index < -0.39 is 0 Å². The lowest BCUT2D eigenvalue weighted by atomic mass is 9.85. The summed E-state index contributed by atoms with van der Waals surface area (Å²) in [5, 5.41) is 0. The largest absolute Gasteiger partial charge is 0.466 e. The molecule has 0 radical (unpaired) electrons. The molecule has 0 aromatic rings. The molecule has 0 aliphatic rings. The van der Waals surface area contributed by atoms with Crippen LogP contribution in [0.5, 0.6) is 0 Å². The highest BCUT2D eigenvalue weighted by molar-refractivity contribution is 5.70. The van der Waals surface area contributed by atoms with Crippen LogP contribution in [0.3, 0.4) is 0 Å². The van der Waals surface area contributed by atoms with E-state index in [-0.39, 0.29) is 24.0 Å². The smallest absolute Gasteiger partial charge is 0.306 e. The summed E-state index contributed by atoms with van der Waals surface area (Å²) in [5.74, 6) is 4.08. The van der Waals surface area contributed by atoms with E-state index in [2.05, 4.69) is 60.3 Å². The van der Waals surface area contributed by atoms with Gasteiger partial charge in [0, 0.05) is 19.3 Å². The number of rotatable bonds is 37. The normalized spacial score (nSPS) is 13.6. The molecule has 0 rings (SSSR count). The Labute approximate surface area is 335 Å². The predicted octanol–water partition coefficient (Wildman–Crippen LogP) is 12.8. The summed E-state index contributed by atoms with van der Waals surface area (Å²) in [6, 6.07) is 0. The number of carbonyl (C=O) groups excluding carboxylic acids is 3. The van der Waals surface area contributed by atoms with Gasteiger partial charge in [-0.25, -0.2) is 0 Å². The third-order valence-electron chi connectivity index (χ3n) is 11.2. The number of esters is 3. The lowest BCUT2D eigenvalue weighted by Crippen LogP contribution is -2.20. The van der Waals surface area contributed by atoms with Crippen molar-refractivity contribution in [3.05, 3.63) is 0 Å². The minimum atomic E-state index is -0.0792. The summed E-state index contributed by atoms with van der Waals surface area (Å²) in [4.78, 5) is 39.2. The zero-order valence-corrected chi connectivity index (χ0v) is 37.5. The van der Waals surface area contributed by atoms with Gasteiger partial charge in [-0.1, -0.05) is 107 Å². The van der Waals surface area contributed by atoms with Crippen LogP contribution in [-0.4, -0.2) is 62.8 Å². The average molecular weight is 766 g/mol. The number of unbranched alkanes of at least 4 members (excludes halogenated alkanes) is 8. The Kier molecular flexibility index (Phi) is 33.6. The summed E-state index contributed by atoms with van der Waals surface area (Å²) >= 11 is 0. The van der Waals surface area contributed by atoms with E-state index in [1.54, 1.807) is 0 Å². The number of hydrogen-bond acceptors (Lipinski definition) is 7. The molecule has 0 bridgehead atoms. The van der Waals surface area contributed by atoms with Crippen LogP contribution < -0.4 is 0 Å². The molecular formula is C47H91NO6. The molecule has 0 N–H and O–H groups in total. The lowest BCUT2D eigenvalue weighted by Gasteiger charge is -2.21. The van der Waals surface area contributed by atoms with Gasteiger partial charge in [-0.2, -0.15) is 0 Å². The molecule has 7 nitrogen and oxygen atoms in total. The molecular weight excluding hydrogens is 675 g/mol. The van der Waals surface area contributed by atoms with Gasteiger partial charge in [-0.15, -0.1) is 0 Å². The van der Waals surface area contributed by atoms with Crippen molar-refractivity contribution >= 4 is 17.9 Å². The fraction of sp³-hybridized carbons (Fsp3) is 0.936. The Morgan fingerprint density at radius 3 is 1.20 bits per heavy atom. The molecule has 0 heterocycles. The highest BCUT2D eigenvalue weighted by atomic mass is 16.5. The maximum atomic E-state index is 12.6. The average Bonchev–Trinajstić information content (AvgIpc) is 3.09. The van der Waals surface area contributed by atoms with E-state index in [4.69, 9.17) is 14.2 Å². The molecule has 2 unspecified atom stereocenters. The fourth-order valence-corrected chi connectivity index (χ4v) is 7.31. The summed E-state index contributed by atoms with van der Waals surface area (Å²) in [6.07, 6.45) is 23.6. The van der Waals surface area contributed by atoms with E-state index >= 15 is 0 Å². The molecule has 320 valence electrons. The minimum Gasteiger partial charge on any atom is -0.466 e. The summed E-state index contributed by atoms with van der Waals surface area (Å²) in [6.45, 7) is 20.4. The maximum Gasteiger partial charge on any atom is 0.306 e. The molecule has 0 spiro atoms. The number of ether oxygens (including phenoxy) is 3. The standard InChI is InChI=1S/C47H91NO6/c1-38(2)31-33-42(40(5)6)24-22-36-52-45(49)28-19-15-11-13-17-26-44(54-47(51)30-21-35-48(9)10)27-18-14-12-16-20-29-46(50)53-37-23-25-43(41(7)8)34-32-39(3)4/h38-44H,11-37H2,1-10H3. The second-order valence-corrected chi connectivity index (χ2v) is 18.3. The molecule has 0 aliphatic carbocycles. The van der Waals surface area contributed by atoms with Gasteiger partial charge in [-0.05, 0) is 140 Å². The maximum absolute atomic E-state index is 12.6. The third kappa shape index (κ3) is 33.7. The highest BCUT2D eigenvalue weighted by Gasteiger charge is 2.17. The van der Waals surface area contributed by atoms with Crippen LogP contribution in [0.15, 0.2) is 0 Å². The van der Waals surface area contributed by atoms with Crippen LogP contribution in [0.4, 0.5) is 0 Å². The third-order valence-corrected chi connectivity index (χ3v) is 11.2. The van der Waals surface area contributed by atoms with Crippen LogP contribution in [0.25, 0.3) is 0 Å². The van der Waals surface area contributed by atoms with Gasteiger partial charge in [0.25, 0.3) is 0 Å². The zero-order valence-electron chi connectivity index (χ0n) is 37.5. The predicted molar refractivity (Wildman–Crippen MR) is 227 cm³/mol. The first-order valence-corrected chi connectivity index (χ1v) is 22.9. The second kappa shape index (κ2) is 34.6. The van der Waals surface area contributed by atoms with Crippen molar-refractivity contribution in [1.29, 1.82) is 0 Å². The van der Waals surface area contributed by atoms with Crippen molar-refractivity contribution in [1.82, 2.24) is 4.90 Å². The van der Waals surface area contributed by atoms with Gasteiger partial charge in [0.1, 0.15) is 6.10 Å². The topological polar surface area (TPSA) is 82.1 Å². The van der Waals surface area contributed by atoms with E-state index in [0.29, 0.717) is 56.1 Å². The van der Waals surface area contributed by atoms with E-state index in [1.165, 1.54) is 25.7 Å². The molecule has 7 heteroatoms. The number of nitrogens with zero attached hydrogens (tertiary/aromatic N) is 1. The summed E-state index contributed by atoms with van der Waals surface area (Å²) < 4.78 is 17.1. The highest BCUT2D eigenvalue weighted by Crippen LogP contribution is 2.26. The Bertz CT molecular complexity index is 843. The molecule has 0 aliphatic heterocycles. The van der Waals surface area contributed by atoms with E-state index in [1.807, 2.05) is 14.1 Å². The van der Waals surface area contributed by atoms with Gasteiger partial charge in [0.15, 0.2) is 0 Å². The van der Waals surface area contributed by atoms with Crippen LogP contribution in [0.1, 0.15) is 209 Å². The Morgan fingerprint density at radius 1 is 0.426 bits per heavy atom. The fourth-order valence-electron chi connectivity index (χ4n) is 7.31. The van der Waals surface area contributed by atoms with E-state index in [0.717, 1.165) is 128 Å². The van der Waals surface area contributed by atoms with Crippen molar-refractivity contribution in [3.8, 4) is 0 Å². The van der Waals surface area contributed by atoms with Crippen molar-refractivity contribution in [2.45, 2.75) is 216 Å². The molecule has 0 fully saturated rings. The molecule has 2 atom stereocenters. The van der Waals surface area contributed by atoms with Crippen molar-refractivity contribution < 1.29 is 28.6 Å². The van der Waals surface area contributed by atoms with Gasteiger partial charge < -0.3 is 19.1 Å². The van der Waals surface area contributed by atoms with Crippen LogP contribution >= 0.6 is 0 Å². The molecule has 0 saturated carbocycles. The van der Waals surface area contributed by atoms with Gasteiger partial charge in [0.2, 0.25) is 0 Å². The molecule has 0 aromatic carbocycles. The lowest BCUT2D eigenvalue weighted by molar-refractivity contribution is -0.150. The second-order valence-electron chi connectivity index (χ2n) is 18.3. The Morgan fingerprint density at radius 2 is 0.815 bits per heavy atom.